The number of primary amides is 1. The first-order valence-electron chi connectivity index (χ1n) is 17.1. The van der Waals surface area contributed by atoms with Gasteiger partial charge < -0.3 is 31.3 Å². The largest absolute Gasteiger partial charge is 0.383 e. The van der Waals surface area contributed by atoms with Crippen LogP contribution in [0.3, 0.4) is 0 Å². The topological polar surface area (TPSA) is 179 Å². The van der Waals surface area contributed by atoms with Gasteiger partial charge in [-0.1, -0.05) is 13.8 Å². The van der Waals surface area contributed by atoms with Gasteiger partial charge >= 0.3 is 23.6 Å². The Morgan fingerprint density at radius 3 is 2.04 bits per heavy atom. The number of rotatable bonds is 4. The van der Waals surface area contributed by atoms with Gasteiger partial charge in [-0.2, -0.15) is 27.8 Å². The molecule has 7 rings (SSSR count). The lowest BCUT2D eigenvalue weighted by Gasteiger charge is -2.38. The van der Waals surface area contributed by atoms with Crippen LogP contribution >= 0.6 is 22.7 Å². The second-order valence-corrected chi connectivity index (χ2v) is 15.1. The van der Waals surface area contributed by atoms with Crippen molar-refractivity contribution >= 4 is 68.7 Å². The molecule has 0 spiro atoms. The number of aromatic nitrogens is 3. The van der Waals surface area contributed by atoms with Gasteiger partial charge in [-0.05, 0) is 102 Å². The highest BCUT2D eigenvalue weighted by atomic mass is 32.1. The Bertz CT molecular complexity index is 1800. The molecule has 4 aromatic heterocycles. The number of anilines is 2. The molecule has 13 nitrogen and oxygen atoms in total. The number of pyridine rings is 1. The van der Waals surface area contributed by atoms with Gasteiger partial charge in [0.2, 0.25) is 0 Å². The van der Waals surface area contributed by atoms with E-state index in [0.29, 0.717) is 53.9 Å². The van der Waals surface area contributed by atoms with Crippen LogP contribution in [-0.4, -0.2) is 67.9 Å². The maximum absolute atomic E-state index is 13.2. The summed E-state index contributed by atoms with van der Waals surface area (Å²) in [5, 5.41) is 16.1. The fourth-order valence-electron chi connectivity index (χ4n) is 7.04. The molecule has 3 fully saturated rings. The Balaban J connectivity index is 0.000000214. The van der Waals surface area contributed by atoms with Crippen LogP contribution in [-0.2, 0) is 23.9 Å². The Hall–Kier alpha value is -4.34. The van der Waals surface area contributed by atoms with Crippen LogP contribution in [0.2, 0.25) is 0 Å². The van der Waals surface area contributed by atoms with Crippen LogP contribution < -0.4 is 16.8 Å². The number of ether oxygens (including phenoxy) is 1. The molecule has 0 aromatic carbocycles. The molecule has 0 aliphatic carbocycles. The average molecular weight is 721 g/mol. The predicted octanol–water partition coefficient (Wildman–Crippen LogP) is 5.25. The first-order valence-corrected chi connectivity index (χ1v) is 19.0. The van der Waals surface area contributed by atoms with Crippen LogP contribution in [0.15, 0.2) is 46.0 Å². The number of thiophene rings is 2. The standard InChI is InChI=1S/C23H28N6O3S.C12H16N2O2S/c1-14-5-6-18(15-7-9-33-13-15)28(11-14)23(31)22(30)26-17-10-25-21(24)16-12-29(27-20(16)17)19-4-2-3-8-32-19;1-8-2-3-10(9-4-5-17-7-9)14(6-8)12(16)11(13)15/h7,9-10,12-14,18-19H,2-6,8,11H2,1H3,(H2,24,25)(H,26,30);4-5,7-8,10H,2-3,6H2,1H3,(H2,13,15). The summed E-state index contributed by atoms with van der Waals surface area (Å²) >= 11 is 3.20. The first kappa shape index (κ1) is 35.5. The molecule has 5 N–H and O–H groups in total. The van der Waals surface area contributed by atoms with Crippen molar-refractivity contribution in [1.29, 1.82) is 0 Å². The van der Waals surface area contributed by atoms with Crippen molar-refractivity contribution in [2.24, 2.45) is 17.6 Å². The molecule has 7 heterocycles. The molecule has 4 aromatic rings. The number of nitrogen functional groups attached to an aromatic ring is 1. The molecule has 5 atom stereocenters. The highest BCUT2D eigenvalue weighted by Crippen LogP contribution is 2.36. The number of piperidine rings is 2. The normalized spacial score (nSPS) is 23.9. The SMILES string of the molecule is CC1CCC(c2ccsc2)N(C(=O)C(=O)Nc2cnc(N)c3cn(C4CCCCO4)nc23)C1.CC1CCC(c2ccsc2)N(C(=O)C(N)=O)C1. The van der Waals surface area contributed by atoms with E-state index >= 15 is 0 Å². The summed E-state index contributed by atoms with van der Waals surface area (Å²) in [6, 6.07) is 3.96. The zero-order valence-corrected chi connectivity index (χ0v) is 30.0. The summed E-state index contributed by atoms with van der Waals surface area (Å²) < 4.78 is 7.56. The number of fused-ring (bicyclic) bond motifs is 1. The molecule has 3 saturated heterocycles. The number of carbonyl (C=O) groups is 4. The smallest absolute Gasteiger partial charge is 0.314 e. The van der Waals surface area contributed by atoms with E-state index in [1.807, 2.05) is 33.7 Å². The Morgan fingerprint density at radius 2 is 1.50 bits per heavy atom. The number of carbonyl (C=O) groups excluding carboxylic acids is 4. The molecule has 0 radical (unpaired) electrons. The zero-order valence-electron chi connectivity index (χ0n) is 28.3. The summed E-state index contributed by atoms with van der Waals surface area (Å²) in [5.74, 6) is -1.58. The Kier molecular flexibility index (Phi) is 11.1. The third kappa shape index (κ3) is 7.84. The lowest BCUT2D eigenvalue weighted by Crippen LogP contribution is -2.46. The summed E-state index contributed by atoms with van der Waals surface area (Å²) in [7, 11) is 0. The molecule has 50 heavy (non-hydrogen) atoms. The number of hydrogen-bond donors (Lipinski definition) is 3. The van der Waals surface area contributed by atoms with Gasteiger partial charge in [0.1, 0.15) is 17.6 Å². The van der Waals surface area contributed by atoms with E-state index in [2.05, 4.69) is 29.2 Å². The maximum atomic E-state index is 13.2. The highest BCUT2D eigenvalue weighted by molar-refractivity contribution is 7.08. The molecule has 0 saturated carbocycles. The third-order valence-electron chi connectivity index (χ3n) is 9.71. The van der Waals surface area contributed by atoms with Gasteiger partial charge in [0.15, 0.2) is 0 Å². The summed E-state index contributed by atoms with van der Waals surface area (Å²) in [6.45, 7) is 6.05. The summed E-state index contributed by atoms with van der Waals surface area (Å²) in [5.41, 5.74) is 14.2. The molecule has 15 heteroatoms. The molecule has 3 aliphatic rings. The lowest BCUT2D eigenvalue weighted by molar-refractivity contribution is -0.147. The number of nitrogens with one attached hydrogen (secondary N) is 1. The predicted molar refractivity (Wildman–Crippen MR) is 193 cm³/mol. The van der Waals surface area contributed by atoms with Crippen molar-refractivity contribution in [3.63, 3.8) is 0 Å². The van der Waals surface area contributed by atoms with E-state index in [0.717, 1.165) is 56.1 Å². The van der Waals surface area contributed by atoms with Crippen molar-refractivity contribution in [3.05, 3.63) is 57.2 Å². The van der Waals surface area contributed by atoms with E-state index < -0.39 is 23.6 Å². The lowest BCUT2D eigenvalue weighted by atomic mass is 9.91. The fourth-order valence-corrected chi connectivity index (χ4v) is 8.45. The first-order chi connectivity index (χ1) is 24.1. The van der Waals surface area contributed by atoms with Crippen LogP contribution in [0.5, 0.6) is 0 Å². The van der Waals surface area contributed by atoms with Gasteiger partial charge in [-0.25, -0.2) is 9.67 Å². The van der Waals surface area contributed by atoms with Crippen molar-refractivity contribution in [3.8, 4) is 0 Å². The van der Waals surface area contributed by atoms with Crippen LogP contribution in [0.25, 0.3) is 10.9 Å². The maximum Gasteiger partial charge on any atom is 0.314 e. The number of hydrogen-bond acceptors (Lipinski definition) is 10. The minimum absolute atomic E-state index is 0.0115. The Morgan fingerprint density at radius 1 is 0.880 bits per heavy atom. The number of nitrogens with zero attached hydrogens (tertiary/aromatic N) is 5. The monoisotopic (exact) mass is 720 g/mol. The van der Waals surface area contributed by atoms with Gasteiger partial charge in [-0.15, -0.1) is 0 Å². The van der Waals surface area contributed by atoms with Crippen molar-refractivity contribution in [2.45, 2.75) is 77.1 Å². The second kappa shape index (κ2) is 15.7. The van der Waals surface area contributed by atoms with E-state index in [1.54, 1.807) is 43.4 Å². The molecule has 3 aliphatic heterocycles. The summed E-state index contributed by atoms with van der Waals surface area (Å²) in [6.07, 6.45) is 9.88. The van der Waals surface area contributed by atoms with Gasteiger partial charge in [0.05, 0.1) is 29.4 Å². The van der Waals surface area contributed by atoms with Crippen molar-refractivity contribution in [1.82, 2.24) is 24.6 Å². The average Bonchev–Trinajstić information content (AvgIpc) is 3.93. The fraction of sp³-hybridized carbons (Fsp3) is 0.486. The van der Waals surface area contributed by atoms with Gasteiger partial charge in [-0.3, -0.25) is 19.2 Å². The van der Waals surface area contributed by atoms with Crippen LogP contribution in [0.4, 0.5) is 11.5 Å². The molecule has 0 bridgehead atoms. The molecule has 5 unspecified atom stereocenters. The quantitative estimate of drug-likeness (QED) is 0.240. The number of likely N-dealkylation sites (tertiary alicyclic amines) is 2. The van der Waals surface area contributed by atoms with Gasteiger partial charge in [0, 0.05) is 25.9 Å². The van der Waals surface area contributed by atoms with E-state index in [-0.39, 0.29) is 18.3 Å². The van der Waals surface area contributed by atoms with Crippen LogP contribution in [0, 0.1) is 11.8 Å². The second-order valence-electron chi connectivity index (χ2n) is 13.5. The summed E-state index contributed by atoms with van der Waals surface area (Å²) in [4.78, 5) is 56.7. The van der Waals surface area contributed by atoms with Gasteiger partial charge in [0.25, 0.3) is 0 Å². The Labute approximate surface area is 298 Å². The van der Waals surface area contributed by atoms with Crippen molar-refractivity contribution in [2.75, 3.05) is 30.7 Å². The number of nitrogens with two attached hydrogens (primary N) is 2. The third-order valence-corrected chi connectivity index (χ3v) is 11.1. The zero-order chi connectivity index (χ0) is 35.4. The van der Waals surface area contributed by atoms with E-state index in [9.17, 15) is 19.2 Å². The van der Waals surface area contributed by atoms with E-state index in [1.165, 1.54) is 6.20 Å². The minimum atomic E-state index is -0.862. The van der Waals surface area contributed by atoms with Crippen LogP contribution in [0.1, 0.15) is 88.2 Å². The molecule has 266 valence electrons. The highest BCUT2D eigenvalue weighted by Gasteiger charge is 2.35. The molecular formula is C35H44N8O5S2. The number of amides is 4. The molecule has 4 amide bonds. The minimum Gasteiger partial charge on any atom is -0.383 e. The molecular weight excluding hydrogens is 677 g/mol. The van der Waals surface area contributed by atoms with E-state index in [4.69, 9.17) is 16.2 Å². The van der Waals surface area contributed by atoms with Crippen molar-refractivity contribution < 1.29 is 23.9 Å².